The van der Waals surface area contributed by atoms with Crippen molar-refractivity contribution in [3.8, 4) is 5.75 Å². The second kappa shape index (κ2) is 10.7. The summed E-state index contributed by atoms with van der Waals surface area (Å²) in [5.41, 5.74) is 2.84. The number of nitrogens with zero attached hydrogens (tertiary/aromatic N) is 2. The maximum Gasteiger partial charge on any atom is 0.305 e. The van der Waals surface area contributed by atoms with Crippen LogP contribution in [0.25, 0.3) is 0 Å². The van der Waals surface area contributed by atoms with Crippen LogP contribution in [0.1, 0.15) is 31.4 Å². The van der Waals surface area contributed by atoms with E-state index in [0.29, 0.717) is 6.61 Å². The number of hydrogen-bond donors (Lipinski definition) is 3. The number of carbonyl (C=O) groups is 1. The van der Waals surface area contributed by atoms with Gasteiger partial charge >= 0.3 is 5.97 Å². The molecule has 0 saturated carbocycles. The summed E-state index contributed by atoms with van der Waals surface area (Å²) in [5.74, 6) is 0.862. The molecule has 7 nitrogen and oxygen atoms in total. The molecule has 1 aromatic heterocycles. The van der Waals surface area contributed by atoms with Crippen LogP contribution in [0.15, 0.2) is 72.9 Å². The third kappa shape index (κ3) is 6.16. The Hall–Kier alpha value is -3.74. The molecule has 0 amide bonds. The number of aliphatic carboxylic acids is 1. The van der Waals surface area contributed by atoms with Gasteiger partial charge in [-0.1, -0.05) is 36.4 Å². The number of hydrogen-bond acceptors (Lipinski definition) is 6. The second-order valence-corrected chi connectivity index (χ2v) is 8.27. The molecule has 7 heteroatoms. The molecule has 4 rings (SSSR count). The van der Waals surface area contributed by atoms with Gasteiger partial charge in [-0.2, -0.15) is 0 Å². The van der Waals surface area contributed by atoms with Crippen molar-refractivity contribution >= 4 is 23.2 Å². The number of pyridine rings is 1. The van der Waals surface area contributed by atoms with E-state index in [1.165, 1.54) is 0 Å². The van der Waals surface area contributed by atoms with Gasteiger partial charge in [0.1, 0.15) is 18.2 Å². The highest BCUT2D eigenvalue weighted by molar-refractivity contribution is 5.70. The van der Waals surface area contributed by atoms with E-state index in [2.05, 4.69) is 33.5 Å². The minimum atomic E-state index is -0.842. The smallest absolute Gasteiger partial charge is 0.305 e. The lowest BCUT2D eigenvalue weighted by atomic mass is 10.0. The van der Waals surface area contributed by atoms with Gasteiger partial charge in [-0.25, -0.2) is 4.98 Å². The minimum Gasteiger partial charge on any atom is -0.489 e. The maximum absolute atomic E-state index is 11.4. The summed E-state index contributed by atoms with van der Waals surface area (Å²) in [7, 11) is 0. The minimum absolute atomic E-state index is 0.00472. The van der Waals surface area contributed by atoms with Crippen LogP contribution in [0.3, 0.4) is 0 Å². The predicted molar refractivity (Wildman–Crippen MR) is 131 cm³/mol. The molecule has 0 radical (unpaired) electrons. The number of aromatic nitrogens is 1. The normalized spacial score (nSPS) is 14.5. The largest absolute Gasteiger partial charge is 0.489 e. The second-order valence-electron chi connectivity index (χ2n) is 8.27. The molecule has 3 aromatic rings. The lowest BCUT2D eigenvalue weighted by Gasteiger charge is -2.32. The van der Waals surface area contributed by atoms with Crippen LogP contribution in [-0.2, 0) is 4.79 Å². The molecule has 2 unspecified atom stereocenters. The van der Waals surface area contributed by atoms with E-state index in [-0.39, 0.29) is 18.5 Å². The summed E-state index contributed by atoms with van der Waals surface area (Å²) < 4.78 is 5.94. The lowest BCUT2D eigenvalue weighted by Crippen LogP contribution is -2.35. The van der Waals surface area contributed by atoms with Crippen molar-refractivity contribution in [1.29, 1.82) is 0 Å². The van der Waals surface area contributed by atoms with Gasteiger partial charge in [0.2, 0.25) is 0 Å². The van der Waals surface area contributed by atoms with E-state index in [9.17, 15) is 9.90 Å². The van der Waals surface area contributed by atoms with Crippen LogP contribution in [0.2, 0.25) is 0 Å². The third-order valence-corrected chi connectivity index (χ3v) is 5.73. The maximum atomic E-state index is 11.4. The number of benzene rings is 2. The molecule has 2 heterocycles. The van der Waals surface area contributed by atoms with E-state index < -0.39 is 5.97 Å². The fourth-order valence-electron chi connectivity index (χ4n) is 4.03. The standard InChI is InChI=1S/C26H30N4O3/c1-19(28-25-9-5-6-13-27-25)12-14-30-15-16-33-24-17-21(10-11-23(24)30)29-22(18-26(31)32)20-7-3-2-4-8-20/h2-11,13,17,19,22,29H,12,14-16,18H2,1H3,(H,27,28)(H,31,32). The zero-order valence-electron chi connectivity index (χ0n) is 18.8. The molecule has 0 spiro atoms. The number of carboxylic acid groups (broad SMARTS) is 1. The third-order valence-electron chi connectivity index (χ3n) is 5.73. The summed E-state index contributed by atoms with van der Waals surface area (Å²) in [5, 5.41) is 16.2. The Bertz CT molecular complexity index is 1050. The molecule has 0 aliphatic carbocycles. The highest BCUT2D eigenvalue weighted by atomic mass is 16.5. The number of ether oxygens (including phenoxy) is 1. The average Bonchev–Trinajstić information content (AvgIpc) is 2.83. The van der Waals surface area contributed by atoms with Gasteiger partial charge in [0.25, 0.3) is 0 Å². The van der Waals surface area contributed by atoms with Crippen molar-refractivity contribution in [2.45, 2.75) is 31.8 Å². The summed E-state index contributed by atoms with van der Waals surface area (Å²) in [4.78, 5) is 18.1. The molecule has 2 atom stereocenters. The Kier molecular flexibility index (Phi) is 7.29. The van der Waals surface area contributed by atoms with E-state index >= 15 is 0 Å². The fourth-order valence-corrected chi connectivity index (χ4v) is 4.03. The Labute approximate surface area is 194 Å². The zero-order chi connectivity index (χ0) is 23.0. The van der Waals surface area contributed by atoms with E-state index in [1.54, 1.807) is 6.20 Å². The number of rotatable bonds is 10. The molecule has 1 aliphatic rings. The molecule has 0 fully saturated rings. The van der Waals surface area contributed by atoms with E-state index in [4.69, 9.17) is 4.74 Å². The lowest BCUT2D eigenvalue weighted by molar-refractivity contribution is -0.137. The van der Waals surface area contributed by atoms with E-state index in [1.807, 2.05) is 60.7 Å². The number of nitrogens with one attached hydrogen (secondary N) is 2. The fraction of sp³-hybridized carbons (Fsp3) is 0.308. The Morgan fingerprint density at radius 1 is 1.12 bits per heavy atom. The predicted octanol–water partition coefficient (Wildman–Crippen LogP) is 4.80. The Balaban J connectivity index is 1.41. The van der Waals surface area contributed by atoms with Gasteiger partial charge in [0, 0.05) is 30.5 Å². The number of anilines is 3. The first-order valence-electron chi connectivity index (χ1n) is 11.3. The number of carboxylic acids is 1. The first-order chi connectivity index (χ1) is 16.1. The van der Waals surface area contributed by atoms with E-state index in [0.717, 1.165) is 48.0 Å². The summed E-state index contributed by atoms with van der Waals surface area (Å²) in [6, 6.07) is 21.5. The molecular weight excluding hydrogens is 416 g/mol. The van der Waals surface area contributed by atoms with Gasteiger partial charge in [0.05, 0.1) is 24.7 Å². The molecule has 172 valence electrons. The molecular formula is C26H30N4O3. The number of fused-ring (bicyclic) bond motifs is 1. The quantitative estimate of drug-likeness (QED) is 0.412. The van der Waals surface area contributed by atoms with Crippen molar-refractivity contribution in [2.24, 2.45) is 0 Å². The van der Waals surface area contributed by atoms with Crippen LogP contribution in [0.5, 0.6) is 5.75 Å². The Morgan fingerprint density at radius 3 is 2.70 bits per heavy atom. The SMILES string of the molecule is CC(CCN1CCOc2cc(NC(CC(=O)O)c3ccccc3)ccc21)Nc1ccccn1. The van der Waals surface area contributed by atoms with Gasteiger partial charge in [-0.3, -0.25) is 4.79 Å². The van der Waals surface area contributed by atoms with Gasteiger partial charge in [-0.05, 0) is 43.2 Å². The van der Waals surface area contributed by atoms with Crippen LogP contribution in [0, 0.1) is 0 Å². The van der Waals surface area contributed by atoms with Gasteiger partial charge in [-0.15, -0.1) is 0 Å². The summed E-state index contributed by atoms with van der Waals surface area (Å²) in [6.45, 7) is 4.52. The monoisotopic (exact) mass is 446 g/mol. The average molecular weight is 447 g/mol. The van der Waals surface area contributed by atoms with Crippen molar-refractivity contribution in [1.82, 2.24) is 4.98 Å². The van der Waals surface area contributed by atoms with Crippen LogP contribution in [-0.4, -0.2) is 41.8 Å². The summed E-state index contributed by atoms with van der Waals surface area (Å²) in [6.07, 6.45) is 2.75. The molecule has 1 aliphatic heterocycles. The molecule has 0 saturated heterocycles. The summed E-state index contributed by atoms with van der Waals surface area (Å²) >= 11 is 0. The van der Waals surface area contributed by atoms with Gasteiger partial charge in [0.15, 0.2) is 0 Å². The molecule has 33 heavy (non-hydrogen) atoms. The first-order valence-corrected chi connectivity index (χ1v) is 11.3. The first kappa shape index (κ1) is 22.5. The van der Waals surface area contributed by atoms with Crippen LogP contribution < -0.4 is 20.3 Å². The van der Waals surface area contributed by atoms with Crippen molar-refractivity contribution < 1.29 is 14.6 Å². The zero-order valence-corrected chi connectivity index (χ0v) is 18.8. The van der Waals surface area contributed by atoms with Crippen LogP contribution in [0.4, 0.5) is 17.2 Å². The molecule has 3 N–H and O–H groups in total. The van der Waals surface area contributed by atoms with Crippen molar-refractivity contribution in [3.63, 3.8) is 0 Å². The Morgan fingerprint density at radius 2 is 1.94 bits per heavy atom. The van der Waals surface area contributed by atoms with Crippen molar-refractivity contribution in [2.75, 3.05) is 35.2 Å². The van der Waals surface area contributed by atoms with Crippen LogP contribution >= 0.6 is 0 Å². The van der Waals surface area contributed by atoms with Crippen molar-refractivity contribution in [3.05, 3.63) is 78.5 Å². The topological polar surface area (TPSA) is 86.7 Å². The highest BCUT2D eigenvalue weighted by Gasteiger charge is 2.21. The molecule has 0 bridgehead atoms. The highest BCUT2D eigenvalue weighted by Crippen LogP contribution is 2.35. The molecule has 2 aromatic carbocycles. The van der Waals surface area contributed by atoms with Gasteiger partial charge < -0.3 is 25.4 Å².